The number of ether oxygens (including phenoxy) is 1. The quantitative estimate of drug-likeness (QED) is 0.731. The molecule has 0 radical (unpaired) electrons. The highest BCUT2D eigenvalue weighted by Gasteiger charge is 2.04. The third-order valence-corrected chi connectivity index (χ3v) is 2.88. The van der Waals surface area contributed by atoms with Gasteiger partial charge in [-0.05, 0) is 32.0 Å². The van der Waals surface area contributed by atoms with Crippen molar-refractivity contribution in [2.24, 2.45) is 0 Å². The van der Waals surface area contributed by atoms with Gasteiger partial charge in [0.1, 0.15) is 23.6 Å². The van der Waals surface area contributed by atoms with E-state index in [0.717, 1.165) is 28.7 Å². The second-order valence-electron chi connectivity index (χ2n) is 4.46. The molecule has 100 valence electrons. The third kappa shape index (κ3) is 2.51. The normalized spacial score (nSPS) is 10.5. The predicted molar refractivity (Wildman–Crippen MR) is 75.1 cm³/mol. The number of rotatable bonds is 3. The number of aryl methyl sites for hydroxylation is 2. The summed E-state index contributed by atoms with van der Waals surface area (Å²) in [6.45, 7) is 3.85. The summed E-state index contributed by atoms with van der Waals surface area (Å²) >= 11 is 0. The van der Waals surface area contributed by atoms with Crippen molar-refractivity contribution >= 4 is 0 Å². The number of nitrogens with zero attached hydrogens (tertiary/aromatic N) is 4. The van der Waals surface area contributed by atoms with E-state index in [1.54, 1.807) is 18.7 Å². The van der Waals surface area contributed by atoms with Gasteiger partial charge in [-0.2, -0.15) is 0 Å². The Morgan fingerprint density at radius 3 is 2.70 bits per heavy atom. The highest BCUT2D eigenvalue weighted by atomic mass is 16.5. The van der Waals surface area contributed by atoms with Crippen LogP contribution < -0.4 is 4.74 Å². The predicted octanol–water partition coefficient (Wildman–Crippen LogP) is 3.07. The SMILES string of the molecule is Cc1cn(-c2cc(Oc3cccnc3C)ccn2)cn1. The molecule has 0 saturated heterocycles. The molecule has 0 amide bonds. The van der Waals surface area contributed by atoms with Crippen LogP contribution in [0.15, 0.2) is 49.2 Å². The molecule has 3 heterocycles. The Balaban J connectivity index is 1.90. The summed E-state index contributed by atoms with van der Waals surface area (Å²) in [4.78, 5) is 12.7. The van der Waals surface area contributed by atoms with E-state index in [9.17, 15) is 0 Å². The van der Waals surface area contributed by atoms with E-state index in [1.807, 2.05) is 48.9 Å². The zero-order chi connectivity index (χ0) is 13.9. The average molecular weight is 266 g/mol. The minimum atomic E-state index is 0.720. The van der Waals surface area contributed by atoms with Crippen molar-refractivity contribution < 1.29 is 4.74 Å². The van der Waals surface area contributed by atoms with Crippen molar-refractivity contribution in [2.75, 3.05) is 0 Å². The fourth-order valence-electron chi connectivity index (χ4n) is 1.86. The number of pyridine rings is 2. The summed E-state index contributed by atoms with van der Waals surface area (Å²) in [5.74, 6) is 2.23. The minimum absolute atomic E-state index is 0.720. The Morgan fingerprint density at radius 1 is 1.05 bits per heavy atom. The molecule has 0 fully saturated rings. The number of aromatic nitrogens is 4. The average Bonchev–Trinajstić information content (AvgIpc) is 2.89. The van der Waals surface area contributed by atoms with Crippen LogP contribution in [0, 0.1) is 13.8 Å². The lowest BCUT2D eigenvalue weighted by molar-refractivity contribution is 0.474. The highest BCUT2D eigenvalue weighted by Crippen LogP contribution is 2.24. The first-order valence-electron chi connectivity index (χ1n) is 6.29. The molecule has 0 aliphatic heterocycles. The molecule has 0 aromatic carbocycles. The van der Waals surface area contributed by atoms with Gasteiger partial charge in [0, 0.05) is 24.7 Å². The van der Waals surface area contributed by atoms with Crippen molar-refractivity contribution in [3.05, 3.63) is 60.6 Å². The number of hydrogen-bond acceptors (Lipinski definition) is 4. The molecule has 5 heteroatoms. The van der Waals surface area contributed by atoms with Crippen LogP contribution in [0.1, 0.15) is 11.4 Å². The van der Waals surface area contributed by atoms with E-state index in [2.05, 4.69) is 15.0 Å². The van der Waals surface area contributed by atoms with Crippen molar-refractivity contribution in [3.8, 4) is 17.3 Å². The molecular weight excluding hydrogens is 252 g/mol. The van der Waals surface area contributed by atoms with Crippen LogP contribution in [0.5, 0.6) is 11.5 Å². The smallest absolute Gasteiger partial charge is 0.148 e. The Hall–Kier alpha value is -2.69. The van der Waals surface area contributed by atoms with Crippen LogP contribution in [-0.4, -0.2) is 19.5 Å². The van der Waals surface area contributed by atoms with Gasteiger partial charge in [-0.1, -0.05) is 0 Å². The van der Waals surface area contributed by atoms with E-state index >= 15 is 0 Å². The minimum Gasteiger partial charge on any atom is -0.455 e. The molecule has 0 aliphatic rings. The van der Waals surface area contributed by atoms with Gasteiger partial charge in [-0.3, -0.25) is 9.55 Å². The molecule has 0 saturated carbocycles. The van der Waals surface area contributed by atoms with Crippen LogP contribution in [0.3, 0.4) is 0 Å². The lowest BCUT2D eigenvalue weighted by Crippen LogP contribution is -1.95. The van der Waals surface area contributed by atoms with E-state index in [4.69, 9.17) is 4.74 Å². The van der Waals surface area contributed by atoms with Crippen molar-refractivity contribution in [3.63, 3.8) is 0 Å². The first kappa shape index (κ1) is 12.3. The van der Waals surface area contributed by atoms with Gasteiger partial charge < -0.3 is 4.74 Å². The Labute approximate surface area is 116 Å². The van der Waals surface area contributed by atoms with Crippen LogP contribution in [0.4, 0.5) is 0 Å². The second kappa shape index (κ2) is 5.13. The maximum atomic E-state index is 5.84. The number of hydrogen-bond donors (Lipinski definition) is 0. The van der Waals surface area contributed by atoms with Crippen LogP contribution in [-0.2, 0) is 0 Å². The molecule has 3 aromatic rings. The fraction of sp³-hybridized carbons (Fsp3) is 0.133. The molecular formula is C15H14N4O. The van der Waals surface area contributed by atoms with E-state index < -0.39 is 0 Å². The summed E-state index contributed by atoms with van der Waals surface area (Å²) in [5.41, 5.74) is 1.80. The molecule has 0 bridgehead atoms. The maximum Gasteiger partial charge on any atom is 0.148 e. The number of imidazole rings is 1. The lowest BCUT2D eigenvalue weighted by atomic mass is 10.3. The maximum absolute atomic E-state index is 5.84. The molecule has 5 nitrogen and oxygen atoms in total. The summed E-state index contributed by atoms with van der Waals surface area (Å²) in [7, 11) is 0. The Kier molecular flexibility index (Phi) is 3.16. The summed E-state index contributed by atoms with van der Waals surface area (Å²) in [5, 5.41) is 0. The van der Waals surface area contributed by atoms with Gasteiger partial charge in [0.2, 0.25) is 0 Å². The molecule has 0 N–H and O–H groups in total. The zero-order valence-electron chi connectivity index (χ0n) is 11.3. The lowest BCUT2D eigenvalue weighted by Gasteiger charge is -2.08. The summed E-state index contributed by atoms with van der Waals surface area (Å²) in [6, 6.07) is 7.43. The summed E-state index contributed by atoms with van der Waals surface area (Å²) in [6.07, 6.45) is 7.11. The summed E-state index contributed by atoms with van der Waals surface area (Å²) < 4.78 is 7.70. The standard InChI is InChI=1S/C15H14N4O/c1-11-9-19(10-18-11)15-8-13(5-7-17-15)20-14-4-3-6-16-12(14)2/h3-10H,1-2H3. The van der Waals surface area contributed by atoms with Gasteiger partial charge in [-0.25, -0.2) is 9.97 Å². The Morgan fingerprint density at radius 2 is 1.95 bits per heavy atom. The molecule has 0 spiro atoms. The van der Waals surface area contributed by atoms with Gasteiger partial charge in [0.25, 0.3) is 0 Å². The van der Waals surface area contributed by atoms with Crippen LogP contribution in [0.25, 0.3) is 5.82 Å². The highest BCUT2D eigenvalue weighted by molar-refractivity contribution is 5.37. The molecule has 0 aliphatic carbocycles. The molecule has 0 unspecified atom stereocenters. The van der Waals surface area contributed by atoms with E-state index in [0.29, 0.717) is 0 Å². The van der Waals surface area contributed by atoms with Gasteiger partial charge in [0.05, 0.1) is 11.4 Å². The topological polar surface area (TPSA) is 52.8 Å². The monoisotopic (exact) mass is 266 g/mol. The van der Waals surface area contributed by atoms with Crippen molar-refractivity contribution in [1.29, 1.82) is 0 Å². The largest absolute Gasteiger partial charge is 0.455 e. The molecule has 3 aromatic heterocycles. The van der Waals surface area contributed by atoms with Gasteiger partial charge in [0.15, 0.2) is 0 Å². The van der Waals surface area contributed by atoms with E-state index in [1.165, 1.54) is 0 Å². The molecule has 3 rings (SSSR count). The van der Waals surface area contributed by atoms with Gasteiger partial charge >= 0.3 is 0 Å². The second-order valence-corrected chi connectivity index (χ2v) is 4.46. The Bertz CT molecular complexity index is 736. The fourth-order valence-corrected chi connectivity index (χ4v) is 1.86. The van der Waals surface area contributed by atoms with E-state index in [-0.39, 0.29) is 0 Å². The van der Waals surface area contributed by atoms with Crippen molar-refractivity contribution in [2.45, 2.75) is 13.8 Å². The van der Waals surface area contributed by atoms with Crippen LogP contribution in [0.2, 0.25) is 0 Å². The van der Waals surface area contributed by atoms with Crippen LogP contribution >= 0.6 is 0 Å². The first-order valence-corrected chi connectivity index (χ1v) is 6.29. The zero-order valence-corrected chi connectivity index (χ0v) is 11.3. The first-order chi connectivity index (χ1) is 9.72. The van der Waals surface area contributed by atoms with Crippen molar-refractivity contribution in [1.82, 2.24) is 19.5 Å². The molecule has 20 heavy (non-hydrogen) atoms. The van der Waals surface area contributed by atoms with Gasteiger partial charge in [-0.15, -0.1) is 0 Å². The molecule has 0 atom stereocenters. The third-order valence-electron chi connectivity index (χ3n) is 2.88.